The third kappa shape index (κ3) is 3.14. The fourth-order valence-corrected chi connectivity index (χ4v) is 3.37. The van der Waals surface area contributed by atoms with Crippen LogP contribution in [0.15, 0.2) is 23.1 Å². The Kier molecular flexibility index (Phi) is 4.40. The van der Waals surface area contributed by atoms with E-state index in [1.54, 1.807) is 11.7 Å². The lowest BCUT2D eigenvalue weighted by Crippen LogP contribution is -2.21. The third-order valence-electron chi connectivity index (χ3n) is 4.65. The minimum atomic E-state index is -1.59. The molecule has 1 aliphatic rings. The van der Waals surface area contributed by atoms with E-state index in [2.05, 4.69) is 15.4 Å². The van der Waals surface area contributed by atoms with Crippen molar-refractivity contribution >= 4 is 11.8 Å². The number of nitrogens with zero attached hydrogens (tertiary/aromatic N) is 4. The molecule has 1 aliphatic carbocycles. The Labute approximate surface area is 156 Å². The predicted octanol–water partition coefficient (Wildman–Crippen LogP) is 2.81. The molecule has 0 aliphatic heterocycles. The van der Waals surface area contributed by atoms with Gasteiger partial charge in [0.1, 0.15) is 5.82 Å². The second kappa shape index (κ2) is 6.77. The number of halogens is 4. The zero-order valence-corrected chi connectivity index (χ0v) is 14.8. The Morgan fingerprint density at radius 1 is 1.11 bits per heavy atom. The van der Waals surface area contributed by atoms with E-state index in [0.717, 1.165) is 48.8 Å². The molecule has 0 fully saturated rings. The number of aromatic nitrogens is 4. The van der Waals surface area contributed by atoms with Crippen molar-refractivity contribution in [2.75, 3.05) is 5.32 Å². The summed E-state index contributed by atoms with van der Waals surface area (Å²) in [5.74, 6) is -4.84. The number of rotatable bonds is 4. The second-order valence-electron chi connectivity index (χ2n) is 6.59. The second-order valence-corrected chi connectivity index (χ2v) is 6.59. The average Bonchev–Trinajstić information content (AvgIpc) is 3.19. The first-order valence-electron chi connectivity index (χ1n) is 8.55. The standard InChI is InChI=1S/C18H15F4N5O/c1-26-16(10-3-2-4-14(10)25-26)23-18-24-17(28)13(21)8-27(18)7-9-5-11(19)15(22)12(20)6-9/h5-6,8H,2-4,7H2,1H3,(H,23,24,28). The Balaban J connectivity index is 1.74. The largest absolute Gasteiger partial charge is 0.311 e. The van der Waals surface area contributed by atoms with Crippen molar-refractivity contribution in [3.8, 4) is 0 Å². The van der Waals surface area contributed by atoms with Crippen molar-refractivity contribution in [3.63, 3.8) is 0 Å². The maximum atomic E-state index is 13.8. The number of aryl methyl sites for hydroxylation is 2. The molecule has 3 aromatic rings. The molecule has 0 radical (unpaired) electrons. The smallest absolute Gasteiger partial charge is 0.310 e. The normalized spacial score (nSPS) is 13.0. The first-order chi connectivity index (χ1) is 13.3. The fraction of sp³-hybridized carbons (Fsp3) is 0.278. The molecule has 0 unspecified atom stereocenters. The van der Waals surface area contributed by atoms with Crippen molar-refractivity contribution in [1.29, 1.82) is 0 Å². The van der Waals surface area contributed by atoms with Crippen LogP contribution >= 0.6 is 0 Å². The molecule has 0 bridgehead atoms. The zero-order chi connectivity index (χ0) is 20.0. The summed E-state index contributed by atoms with van der Waals surface area (Å²) in [4.78, 5) is 15.4. The number of hydrogen-bond acceptors (Lipinski definition) is 4. The molecule has 146 valence electrons. The average molecular weight is 393 g/mol. The molecule has 1 N–H and O–H groups in total. The van der Waals surface area contributed by atoms with Crippen LogP contribution in [0.3, 0.4) is 0 Å². The summed E-state index contributed by atoms with van der Waals surface area (Å²) in [6.45, 7) is -0.235. The first kappa shape index (κ1) is 18.2. The number of anilines is 2. The molecule has 4 rings (SSSR count). The molecule has 1 aromatic carbocycles. The molecule has 0 atom stereocenters. The summed E-state index contributed by atoms with van der Waals surface area (Å²) in [5, 5.41) is 7.37. The topological polar surface area (TPSA) is 64.7 Å². The van der Waals surface area contributed by atoms with Crippen molar-refractivity contribution in [2.45, 2.75) is 25.8 Å². The molecule has 0 saturated heterocycles. The number of fused-ring (bicyclic) bond motifs is 1. The lowest BCUT2D eigenvalue weighted by atomic mass is 10.2. The van der Waals surface area contributed by atoms with E-state index in [-0.39, 0.29) is 18.1 Å². The van der Waals surface area contributed by atoms with Crippen molar-refractivity contribution in [1.82, 2.24) is 19.3 Å². The summed E-state index contributed by atoms with van der Waals surface area (Å²) in [7, 11) is 1.72. The van der Waals surface area contributed by atoms with Crippen LogP contribution in [-0.4, -0.2) is 19.3 Å². The molecule has 10 heteroatoms. The molecule has 2 aromatic heterocycles. The van der Waals surface area contributed by atoms with Crippen LogP contribution in [0.1, 0.15) is 23.2 Å². The summed E-state index contributed by atoms with van der Waals surface area (Å²) in [5.41, 5.74) is 0.878. The summed E-state index contributed by atoms with van der Waals surface area (Å²) in [6, 6.07) is 1.61. The third-order valence-corrected chi connectivity index (χ3v) is 4.65. The van der Waals surface area contributed by atoms with Crippen LogP contribution in [0.2, 0.25) is 0 Å². The lowest BCUT2D eigenvalue weighted by Gasteiger charge is -2.15. The highest BCUT2D eigenvalue weighted by molar-refractivity contribution is 5.57. The molecule has 6 nitrogen and oxygen atoms in total. The predicted molar refractivity (Wildman–Crippen MR) is 92.4 cm³/mol. The Bertz CT molecular complexity index is 1110. The minimum Gasteiger partial charge on any atom is -0.311 e. The fourth-order valence-electron chi connectivity index (χ4n) is 3.37. The van der Waals surface area contributed by atoms with Gasteiger partial charge >= 0.3 is 5.56 Å². The maximum absolute atomic E-state index is 13.8. The van der Waals surface area contributed by atoms with Crippen molar-refractivity contribution < 1.29 is 17.6 Å². The number of hydrogen-bond donors (Lipinski definition) is 1. The van der Waals surface area contributed by atoms with Gasteiger partial charge in [0, 0.05) is 18.8 Å². The highest BCUT2D eigenvalue weighted by Crippen LogP contribution is 2.29. The lowest BCUT2D eigenvalue weighted by molar-refractivity contribution is 0.444. The van der Waals surface area contributed by atoms with E-state index in [1.165, 1.54) is 4.57 Å². The minimum absolute atomic E-state index is 0.0192. The van der Waals surface area contributed by atoms with E-state index in [9.17, 15) is 22.4 Å². The van der Waals surface area contributed by atoms with Crippen LogP contribution in [0.25, 0.3) is 0 Å². The van der Waals surface area contributed by atoms with Gasteiger partial charge in [0.25, 0.3) is 0 Å². The van der Waals surface area contributed by atoms with Gasteiger partial charge in [0.05, 0.1) is 12.2 Å². The highest BCUT2D eigenvalue weighted by atomic mass is 19.2. The van der Waals surface area contributed by atoms with Crippen LogP contribution in [0.5, 0.6) is 0 Å². The van der Waals surface area contributed by atoms with Gasteiger partial charge in [-0.25, -0.2) is 13.2 Å². The van der Waals surface area contributed by atoms with Crippen molar-refractivity contribution in [3.05, 3.63) is 68.8 Å². The van der Waals surface area contributed by atoms with Crippen molar-refractivity contribution in [2.24, 2.45) is 7.05 Å². The molecular weight excluding hydrogens is 378 g/mol. The Hall–Kier alpha value is -3.17. The quantitative estimate of drug-likeness (QED) is 0.547. The number of nitrogens with one attached hydrogen (secondary N) is 1. The summed E-state index contributed by atoms with van der Waals surface area (Å²) >= 11 is 0. The van der Waals surface area contributed by atoms with Crippen LogP contribution < -0.4 is 10.9 Å². The monoisotopic (exact) mass is 393 g/mol. The molecule has 0 spiro atoms. The van der Waals surface area contributed by atoms with Gasteiger partial charge in [0.2, 0.25) is 11.8 Å². The van der Waals surface area contributed by atoms with Gasteiger partial charge in [-0.3, -0.25) is 9.48 Å². The maximum Gasteiger partial charge on any atom is 0.310 e. The Morgan fingerprint density at radius 3 is 2.54 bits per heavy atom. The van der Waals surface area contributed by atoms with E-state index >= 15 is 0 Å². The van der Waals surface area contributed by atoms with Gasteiger partial charge in [-0.05, 0) is 37.0 Å². The van der Waals surface area contributed by atoms with E-state index in [1.807, 2.05) is 0 Å². The van der Waals surface area contributed by atoms with Crippen LogP contribution in [-0.2, 0) is 26.4 Å². The molecule has 28 heavy (non-hydrogen) atoms. The Morgan fingerprint density at radius 2 is 1.82 bits per heavy atom. The first-order valence-corrected chi connectivity index (χ1v) is 8.55. The van der Waals surface area contributed by atoms with E-state index < -0.39 is 28.8 Å². The highest BCUT2D eigenvalue weighted by Gasteiger charge is 2.22. The summed E-state index contributed by atoms with van der Waals surface area (Å²) in [6.07, 6.45) is 3.46. The van der Waals surface area contributed by atoms with E-state index in [0.29, 0.717) is 5.82 Å². The van der Waals surface area contributed by atoms with Gasteiger partial charge in [-0.2, -0.15) is 14.5 Å². The van der Waals surface area contributed by atoms with Gasteiger partial charge in [-0.15, -0.1) is 0 Å². The molecule has 0 amide bonds. The van der Waals surface area contributed by atoms with Gasteiger partial charge < -0.3 is 9.88 Å². The van der Waals surface area contributed by atoms with Gasteiger partial charge in [0.15, 0.2) is 17.5 Å². The zero-order valence-electron chi connectivity index (χ0n) is 14.8. The molecule has 2 heterocycles. The SMILES string of the molecule is Cn1nc2c(c1Nc1nc(=O)c(F)cn1Cc1cc(F)c(F)c(F)c1)CCC2. The molecule has 0 saturated carbocycles. The van der Waals surface area contributed by atoms with Crippen LogP contribution in [0.4, 0.5) is 29.3 Å². The summed E-state index contributed by atoms with van der Waals surface area (Å²) < 4.78 is 56.8. The molecular formula is C18H15F4N5O. The van der Waals surface area contributed by atoms with Gasteiger partial charge in [-0.1, -0.05) is 0 Å². The van der Waals surface area contributed by atoms with E-state index in [4.69, 9.17) is 0 Å². The van der Waals surface area contributed by atoms with Crippen LogP contribution in [0, 0.1) is 23.3 Å². The number of benzene rings is 1.